The molecule has 0 saturated heterocycles. The molecule has 1 aliphatic rings. The molecule has 1 heterocycles. The Labute approximate surface area is 88.9 Å². The maximum absolute atomic E-state index is 5.75. The van der Waals surface area contributed by atoms with Gasteiger partial charge in [0.1, 0.15) is 5.82 Å². The number of aromatic nitrogens is 2. The molecule has 1 aliphatic carbocycles. The van der Waals surface area contributed by atoms with Crippen molar-refractivity contribution in [1.29, 1.82) is 0 Å². The van der Waals surface area contributed by atoms with Gasteiger partial charge in [0.05, 0.1) is 6.20 Å². The molecule has 0 unspecified atom stereocenters. The molecule has 2 rings (SSSR count). The summed E-state index contributed by atoms with van der Waals surface area (Å²) in [5.74, 6) is 1.61. The first-order valence-electron chi connectivity index (χ1n) is 4.91. The van der Waals surface area contributed by atoms with Crippen molar-refractivity contribution in [3.05, 3.63) is 18.6 Å². The molecule has 0 aliphatic heterocycles. The molecule has 3 nitrogen and oxygen atoms in total. The van der Waals surface area contributed by atoms with Crippen molar-refractivity contribution in [2.24, 2.45) is 5.41 Å². The van der Waals surface area contributed by atoms with E-state index in [1.807, 2.05) is 0 Å². The van der Waals surface area contributed by atoms with E-state index in [-0.39, 0.29) is 0 Å². The average molecular weight is 212 g/mol. The fourth-order valence-electron chi connectivity index (χ4n) is 1.56. The van der Waals surface area contributed by atoms with Crippen LogP contribution >= 0.6 is 11.6 Å². The molecule has 0 amide bonds. The lowest BCUT2D eigenvalue weighted by atomic mass is 10.0. The van der Waals surface area contributed by atoms with E-state index in [4.69, 9.17) is 11.6 Å². The van der Waals surface area contributed by atoms with Crippen LogP contribution in [0.1, 0.15) is 19.3 Å². The third-order valence-electron chi connectivity index (χ3n) is 2.79. The zero-order valence-corrected chi connectivity index (χ0v) is 8.80. The summed E-state index contributed by atoms with van der Waals surface area (Å²) < 4.78 is 0. The zero-order valence-electron chi connectivity index (χ0n) is 8.04. The van der Waals surface area contributed by atoms with E-state index < -0.39 is 0 Å². The first-order valence-corrected chi connectivity index (χ1v) is 5.44. The molecule has 14 heavy (non-hydrogen) atoms. The zero-order chi connectivity index (χ0) is 9.86. The Hall–Kier alpha value is -0.830. The highest BCUT2D eigenvalue weighted by Gasteiger charge is 2.41. The lowest BCUT2D eigenvalue weighted by Crippen LogP contribution is -2.16. The number of hydrogen-bond donors (Lipinski definition) is 1. The van der Waals surface area contributed by atoms with E-state index >= 15 is 0 Å². The highest BCUT2D eigenvalue weighted by Crippen LogP contribution is 2.48. The van der Waals surface area contributed by atoms with Crippen molar-refractivity contribution in [3.8, 4) is 0 Å². The monoisotopic (exact) mass is 211 g/mol. The summed E-state index contributed by atoms with van der Waals surface area (Å²) in [6.45, 7) is 0.971. The summed E-state index contributed by atoms with van der Waals surface area (Å²) in [5, 5.41) is 3.30. The maximum Gasteiger partial charge on any atom is 0.144 e. The van der Waals surface area contributed by atoms with Gasteiger partial charge in [0.15, 0.2) is 0 Å². The summed E-state index contributed by atoms with van der Waals surface area (Å²) in [6.07, 6.45) is 8.79. The van der Waals surface area contributed by atoms with Gasteiger partial charge in [-0.05, 0) is 24.7 Å². The van der Waals surface area contributed by atoms with Gasteiger partial charge in [-0.2, -0.15) is 0 Å². The van der Waals surface area contributed by atoms with E-state index in [9.17, 15) is 0 Å². The Morgan fingerprint density at radius 2 is 2.29 bits per heavy atom. The molecule has 76 valence electrons. The molecule has 0 bridgehead atoms. The van der Waals surface area contributed by atoms with Crippen molar-refractivity contribution in [2.45, 2.75) is 19.3 Å². The number of hydrogen-bond acceptors (Lipinski definition) is 3. The minimum absolute atomic E-state index is 0.444. The summed E-state index contributed by atoms with van der Waals surface area (Å²) in [6, 6.07) is 0. The van der Waals surface area contributed by atoms with Crippen LogP contribution < -0.4 is 5.32 Å². The second-order valence-corrected chi connectivity index (χ2v) is 4.26. The summed E-state index contributed by atoms with van der Waals surface area (Å²) in [4.78, 5) is 8.16. The van der Waals surface area contributed by atoms with Gasteiger partial charge in [-0.25, -0.2) is 4.98 Å². The van der Waals surface area contributed by atoms with Gasteiger partial charge in [0, 0.05) is 24.8 Å². The van der Waals surface area contributed by atoms with Crippen molar-refractivity contribution in [2.75, 3.05) is 17.7 Å². The number of anilines is 1. The largest absolute Gasteiger partial charge is 0.368 e. The minimum Gasteiger partial charge on any atom is -0.368 e. The van der Waals surface area contributed by atoms with Crippen LogP contribution in [0.15, 0.2) is 18.6 Å². The molecular formula is C10H14ClN3. The number of halogens is 1. The Kier molecular flexibility index (Phi) is 2.87. The van der Waals surface area contributed by atoms with E-state index in [2.05, 4.69) is 15.3 Å². The molecule has 0 radical (unpaired) electrons. The predicted octanol–water partition coefficient (Wildman–Crippen LogP) is 2.30. The Balaban J connectivity index is 1.83. The second kappa shape index (κ2) is 4.13. The SMILES string of the molecule is ClCCC1(CNc2cnccn2)CC1. The number of alkyl halides is 1. The fourth-order valence-corrected chi connectivity index (χ4v) is 1.96. The first-order chi connectivity index (χ1) is 6.85. The molecule has 0 atom stereocenters. The highest BCUT2D eigenvalue weighted by molar-refractivity contribution is 6.17. The lowest BCUT2D eigenvalue weighted by molar-refractivity contribution is 0.524. The van der Waals surface area contributed by atoms with Gasteiger partial charge in [-0.1, -0.05) is 0 Å². The molecular weight excluding hydrogens is 198 g/mol. The molecule has 1 N–H and O–H groups in total. The average Bonchev–Trinajstić information content (AvgIpc) is 2.98. The lowest BCUT2D eigenvalue weighted by Gasteiger charge is -2.14. The Morgan fingerprint density at radius 1 is 1.43 bits per heavy atom. The van der Waals surface area contributed by atoms with E-state index in [1.165, 1.54) is 12.8 Å². The van der Waals surface area contributed by atoms with Crippen LogP contribution in [0.3, 0.4) is 0 Å². The normalized spacial score (nSPS) is 17.8. The molecule has 1 fully saturated rings. The van der Waals surface area contributed by atoms with E-state index in [1.54, 1.807) is 18.6 Å². The van der Waals surface area contributed by atoms with Crippen LogP contribution in [-0.2, 0) is 0 Å². The molecule has 0 aromatic carbocycles. The molecule has 1 aromatic rings. The van der Waals surface area contributed by atoms with Crippen LogP contribution in [-0.4, -0.2) is 22.4 Å². The van der Waals surface area contributed by atoms with Gasteiger partial charge in [0.25, 0.3) is 0 Å². The van der Waals surface area contributed by atoms with Crippen molar-refractivity contribution in [3.63, 3.8) is 0 Å². The predicted molar refractivity (Wildman–Crippen MR) is 57.5 cm³/mol. The van der Waals surface area contributed by atoms with Gasteiger partial charge < -0.3 is 5.32 Å². The van der Waals surface area contributed by atoms with Crippen LogP contribution in [0, 0.1) is 5.41 Å². The van der Waals surface area contributed by atoms with E-state index in [0.29, 0.717) is 5.41 Å². The second-order valence-electron chi connectivity index (χ2n) is 3.88. The van der Waals surface area contributed by atoms with Gasteiger partial charge >= 0.3 is 0 Å². The Bertz CT molecular complexity index is 285. The van der Waals surface area contributed by atoms with Crippen LogP contribution in [0.4, 0.5) is 5.82 Å². The van der Waals surface area contributed by atoms with Crippen LogP contribution in [0.25, 0.3) is 0 Å². The van der Waals surface area contributed by atoms with Gasteiger partial charge in [-0.15, -0.1) is 11.6 Å². The highest BCUT2D eigenvalue weighted by atomic mass is 35.5. The van der Waals surface area contributed by atoms with Crippen molar-refractivity contribution in [1.82, 2.24) is 9.97 Å². The summed E-state index contributed by atoms with van der Waals surface area (Å²) in [7, 11) is 0. The first kappa shape index (κ1) is 9.71. The van der Waals surface area contributed by atoms with Crippen molar-refractivity contribution >= 4 is 17.4 Å². The standard InChI is InChI=1S/C10H14ClN3/c11-4-3-10(1-2-10)8-14-9-7-12-5-6-13-9/h5-7H,1-4,8H2,(H,13,14). The fraction of sp³-hybridized carbons (Fsp3) is 0.600. The third-order valence-corrected chi connectivity index (χ3v) is 2.98. The summed E-state index contributed by atoms with van der Waals surface area (Å²) >= 11 is 5.75. The third kappa shape index (κ3) is 2.35. The van der Waals surface area contributed by atoms with Gasteiger partial charge in [0.2, 0.25) is 0 Å². The minimum atomic E-state index is 0.444. The molecule has 4 heteroatoms. The quantitative estimate of drug-likeness (QED) is 0.760. The summed E-state index contributed by atoms with van der Waals surface area (Å²) in [5.41, 5.74) is 0.444. The number of nitrogens with zero attached hydrogens (tertiary/aromatic N) is 2. The van der Waals surface area contributed by atoms with Crippen molar-refractivity contribution < 1.29 is 0 Å². The maximum atomic E-state index is 5.75. The van der Waals surface area contributed by atoms with Crippen LogP contribution in [0.2, 0.25) is 0 Å². The van der Waals surface area contributed by atoms with Gasteiger partial charge in [-0.3, -0.25) is 4.98 Å². The molecule has 0 spiro atoms. The molecule has 1 aromatic heterocycles. The van der Waals surface area contributed by atoms with Crippen LogP contribution in [0.5, 0.6) is 0 Å². The number of rotatable bonds is 5. The topological polar surface area (TPSA) is 37.8 Å². The van der Waals surface area contributed by atoms with E-state index in [0.717, 1.165) is 24.7 Å². The smallest absolute Gasteiger partial charge is 0.144 e. The number of nitrogens with one attached hydrogen (secondary N) is 1. The Morgan fingerprint density at radius 3 is 2.86 bits per heavy atom. The molecule has 1 saturated carbocycles.